The van der Waals surface area contributed by atoms with E-state index in [0.717, 1.165) is 24.5 Å². The Morgan fingerprint density at radius 1 is 1.25 bits per heavy atom. The van der Waals surface area contributed by atoms with Gasteiger partial charge in [-0.15, -0.1) is 0 Å². The second-order valence-electron chi connectivity index (χ2n) is 7.19. The van der Waals surface area contributed by atoms with Crippen molar-refractivity contribution < 1.29 is 4.74 Å². The van der Waals surface area contributed by atoms with Gasteiger partial charge in [-0.3, -0.25) is 0 Å². The Labute approximate surface area is 123 Å². The molecule has 1 aliphatic carbocycles. The number of ether oxygens (including phenoxy) is 1. The monoisotopic (exact) mass is 275 g/mol. The van der Waals surface area contributed by atoms with E-state index in [0.29, 0.717) is 0 Å². The molecule has 1 aromatic carbocycles. The Morgan fingerprint density at radius 2 is 2.00 bits per heavy atom. The first-order valence-electron chi connectivity index (χ1n) is 7.93. The van der Waals surface area contributed by atoms with E-state index in [-0.39, 0.29) is 17.6 Å². The summed E-state index contributed by atoms with van der Waals surface area (Å²) in [6, 6.07) is 8.65. The van der Waals surface area contributed by atoms with Gasteiger partial charge >= 0.3 is 0 Å². The van der Waals surface area contributed by atoms with E-state index in [4.69, 9.17) is 10.5 Å². The predicted molar refractivity (Wildman–Crippen MR) is 85.2 cm³/mol. The van der Waals surface area contributed by atoms with Gasteiger partial charge in [0.1, 0.15) is 11.9 Å². The smallest absolute Gasteiger partial charge is 0.120 e. The molecule has 1 aromatic rings. The van der Waals surface area contributed by atoms with Gasteiger partial charge in [-0.1, -0.05) is 46.2 Å². The van der Waals surface area contributed by atoms with Gasteiger partial charge in [0.05, 0.1) is 0 Å². The SMILES string of the molecule is CCC1CCC(N)C(Oc2cccc(C(C)(C)C)c2)C1. The van der Waals surface area contributed by atoms with E-state index in [1.165, 1.54) is 18.4 Å². The highest BCUT2D eigenvalue weighted by molar-refractivity contribution is 5.32. The maximum absolute atomic E-state index is 6.24. The summed E-state index contributed by atoms with van der Waals surface area (Å²) in [6.45, 7) is 8.95. The van der Waals surface area contributed by atoms with E-state index in [9.17, 15) is 0 Å². The van der Waals surface area contributed by atoms with Crippen molar-refractivity contribution in [3.63, 3.8) is 0 Å². The van der Waals surface area contributed by atoms with Crippen molar-refractivity contribution in [2.75, 3.05) is 0 Å². The van der Waals surface area contributed by atoms with Crippen LogP contribution in [0.25, 0.3) is 0 Å². The van der Waals surface area contributed by atoms with Crippen molar-refractivity contribution >= 4 is 0 Å². The summed E-state index contributed by atoms with van der Waals surface area (Å²) >= 11 is 0. The topological polar surface area (TPSA) is 35.2 Å². The van der Waals surface area contributed by atoms with E-state index < -0.39 is 0 Å². The maximum atomic E-state index is 6.24. The van der Waals surface area contributed by atoms with Gasteiger partial charge in [0.25, 0.3) is 0 Å². The summed E-state index contributed by atoms with van der Waals surface area (Å²) < 4.78 is 6.21. The highest BCUT2D eigenvalue weighted by Gasteiger charge is 2.29. The third-order valence-electron chi connectivity index (χ3n) is 4.52. The second-order valence-corrected chi connectivity index (χ2v) is 7.19. The van der Waals surface area contributed by atoms with Crippen molar-refractivity contribution in [1.82, 2.24) is 0 Å². The molecule has 0 radical (unpaired) electrons. The number of hydrogen-bond acceptors (Lipinski definition) is 2. The molecule has 0 bridgehead atoms. The Kier molecular flexibility index (Phi) is 4.74. The van der Waals surface area contributed by atoms with Crippen LogP contribution in [0.5, 0.6) is 5.75 Å². The first-order valence-corrected chi connectivity index (χ1v) is 7.93. The van der Waals surface area contributed by atoms with Gasteiger partial charge in [0, 0.05) is 6.04 Å². The van der Waals surface area contributed by atoms with Gasteiger partial charge in [0.15, 0.2) is 0 Å². The molecule has 2 heteroatoms. The van der Waals surface area contributed by atoms with Crippen LogP contribution in [-0.4, -0.2) is 12.1 Å². The average molecular weight is 275 g/mol. The first kappa shape index (κ1) is 15.4. The largest absolute Gasteiger partial charge is 0.489 e. The van der Waals surface area contributed by atoms with Crippen LogP contribution in [-0.2, 0) is 5.41 Å². The molecule has 1 fully saturated rings. The van der Waals surface area contributed by atoms with Gasteiger partial charge in [-0.2, -0.15) is 0 Å². The van der Waals surface area contributed by atoms with Crippen LogP contribution in [0.2, 0.25) is 0 Å². The van der Waals surface area contributed by atoms with Crippen molar-refractivity contribution in [1.29, 1.82) is 0 Å². The fraction of sp³-hybridized carbons (Fsp3) is 0.667. The van der Waals surface area contributed by atoms with E-state index in [1.807, 2.05) is 0 Å². The summed E-state index contributed by atoms with van der Waals surface area (Å²) in [4.78, 5) is 0. The van der Waals surface area contributed by atoms with Gasteiger partial charge in [-0.05, 0) is 48.3 Å². The van der Waals surface area contributed by atoms with Crippen LogP contribution >= 0.6 is 0 Å². The minimum Gasteiger partial charge on any atom is -0.489 e. The van der Waals surface area contributed by atoms with Crippen molar-refractivity contribution in [3.05, 3.63) is 29.8 Å². The number of nitrogens with two attached hydrogens (primary N) is 1. The minimum absolute atomic E-state index is 0.153. The van der Waals surface area contributed by atoms with Crippen LogP contribution in [0.3, 0.4) is 0 Å². The predicted octanol–water partition coefficient (Wildman–Crippen LogP) is 4.27. The molecule has 3 atom stereocenters. The summed E-state index contributed by atoms with van der Waals surface area (Å²) in [5.74, 6) is 1.74. The van der Waals surface area contributed by atoms with Crippen molar-refractivity contribution in [2.24, 2.45) is 11.7 Å². The lowest BCUT2D eigenvalue weighted by Gasteiger charge is -2.34. The maximum Gasteiger partial charge on any atom is 0.120 e. The zero-order valence-corrected chi connectivity index (χ0v) is 13.4. The molecule has 0 aliphatic heterocycles. The number of benzene rings is 1. The van der Waals surface area contributed by atoms with E-state index >= 15 is 0 Å². The molecule has 112 valence electrons. The Bertz CT molecular complexity index is 435. The second kappa shape index (κ2) is 6.17. The lowest BCUT2D eigenvalue weighted by molar-refractivity contribution is 0.101. The molecule has 0 amide bonds. The normalized spacial score (nSPS) is 27.4. The van der Waals surface area contributed by atoms with Gasteiger partial charge in [-0.25, -0.2) is 0 Å². The Morgan fingerprint density at radius 3 is 2.65 bits per heavy atom. The fourth-order valence-electron chi connectivity index (χ4n) is 2.95. The number of rotatable bonds is 3. The average Bonchev–Trinajstić information content (AvgIpc) is 2.41. The molecule has 20 heavy (non-hydrogen) atoms. The molecule has 2 rings (SSSR count). The molecule has 1 saturated carbocycles. The van der Waals surface area contributed by atoms with Gasteiger partial charge < -0.3 is 10.5 Å². The first-order chi connectivity index (χ1) is 9.40. The van der Waals surface area contributed by atoms with Crippen LogP contribution in [0, 0.1) is 5.92 Å². The highest BCUT2D eigenvalue weighted by atomic mass is 16.5. The van der Waals surface area contributed by atoms with Crippen LogP contribution in [0.4, 0.5) is 0 Å². The molecule has 0 heterocycles. The fourth-order valence-corrected chi connectivity index (χ4v) is 2.95. The highest BCUT2D eigenvalue weighted by Crippen LogP contribution is 2.31. The van der Waals surface area contributed by atoms with Crippen molar-refractivity contribution in [3.8, 4) is 5.75 Å². The quantitative estimate of drug-likeness (QED) is 0.894. The molecule has 1 aliphatic rings. The van der Waals surface area contributed by atoms with Crippen LogP contribution < -0.4 is 10.5 Å². The zero-order chi connectivity index (χ0) is 14.8. The lowest BCUT2D eigenvalue weighted by atomic mass is 9.83. The van der Waals surface area contributed by atoms with Crippen molar-refractivity contribution in [2.45, 2.75) is 70.9 Å². The summed E-state index contributed by atoms with van der Waals surface area (Å²) in [5.41, 5.74) is 7.71. The Balaban J connectivity index is 2.09. The summed E-state index contributed by atoms with van der Waals surface area (Å²) in [6.07, 6.45) is 4.83. The van der Waals surface area contributed by atoms with Crippen LogP contribution in [0.1, 0.15) is 58.9 Å². The molecule has 2 N–H and O–H groups in total. The lowest BCUT2D eigenvalue weighted by Crippen LogP contribution is -2.43. The molecular formula is C18H29NO. The molecule has 0 saturated heterocycles. The standard InChI is InChI=1S/C18H29NO/c1-5-13-9-10-16(19)17(11-13)20-15-8-6-7-14(12-15)18(2,3)4/h6-8,12-13,16-17H,5,9-11,19H2,1-4H3. The van der Waals surface area contributed by atoms with E-state index in [1.54, 1.807) is 0 Å². The number of hydrogen-bond donors (Lipinski definition) is 1. The van der Waals surface area contributed by atoms with E-state index in [2.05, 4.69) is 52.0 Å². The molecular weight excluding hydrogens is 246 g/mol. The molecule has 0 spiro atoms. The zero-order valence-electron chi connectivity index (χ0n) is 13.4. The molecule has 2 nitrogen and oxygen atoms in total. The third-order valence-corrected chi connectivity index (χ3v) is 4.52. The molecule has 0 aromatic heterocycles. The minimum atomic E-state index is 0.153. The third kappa shape index (κ3) is 3.76. The molecule has 3 unspecified atom stereocenters. The van der Waals surface area contributed by atoms with Crippen LogP contribution in [0.15, 0.2) is 24.3 Å². The summed E-state index contributed by atoms with van der Waals surface area (Å²) in [7, 11) is 0. The van der Waals surface area contributed by atoms with Gasteiger partial charge in [0.2, 0.25) is 0 Å². The summed E-state index contributed by atoms with van der Waals surface area (Å²) in [5, 5.41) is 0. The Hall–Kier alpha value is -1.02.